The van der Waals surface area contributed by atoms with Crippen molar-refractivity contribution in [3.8, 4) is 0 Å². The Labute approximate surface area is 112 Å². The van der Waals surface area contributed by atoms with Crippen LogP contribution in [0.15, 0.2) is 6.07 Å². The molecule has 0 aromatic carbocycles. The summed E-state index contributed by atoms with van der Waals surface area (Å²) in [5.41, 5.74) is 5.66. The number of nitrogens with zero attached hydrogens (tertiary/aromatic N) is 2. The molecule has 102 valence electrons. The quantitative estimate of drug-likeness (QED) is 0.872. The molecule has 2 N–H and O–H groups in total. The van der Waals surface area contributed by atoms with Gasteiger partial charge in [-0.1, -0.05) is 6.42 Å². The molecule has 1 aromatic heterocycles. The molecule has 0 radical (unpaired) electrons. The number of rotatable bonds is 3. The third-order valence-corrected chi connectivity index (χ3v) is 3.90. The summed E-state index contributed by atoms with van der Waals surface area (Å²) in [6.45, 7) is 1.91. The van der Waals surface area contributed by atoms with Gasteiger partial charge >= 0.3 is 5.97 Å². The highest BCUT2D eigenvalue weighted by molar-refractivity contribution is 5.93. The van der Waals surface area contributed by atoms with Crippen LogP contribution in [0.25, 0.3) is 0 Å². The zero-order valence-electron chi connectivity index (χ0n) is 11.0. The minimum atomic E-state index is -0.901. The monoisotopic (exact) mass is 261 g/mol. The predicted octanol–water partition coefficient (Wildman–Crippen LogP) is 2.08. The van der Waals surface area contributed by atoms with Crippen LogP contribution < -0.4 is 5.43 Å². The molecule has 0 saturated carbocycles. The number of carboxylic acids is 1. The van der Waals surface area contributed by atoms with Crippen LogP contribution in [0.2, 0.25) is 0 Å². The second-order valence-corrected chi connectivity index (χ2v) is 5.31. The van der Waals surface area contributed by atoms with E-state index in [1.54, 1.807) is 6.07 Å². The minimum Gasteiger partial charge on any atom is -0.478 e. The van der Waals surface area contributed by atoms with Crippen LogP contribution in [0.5, 0.6) is 0 Å². The van der Waals surface area contributed by atoms with Crippen LogP contribution in [0.1, 0.15) is 47.3 Å². The Balaban J connectivity index is 1.87. The van der Waals surface area contributed by atoms with Gasteiger partial charge in [0.15, 0.2) is 5.82 Å². The number of carbonyl (C=O) groups is 1. The Hall–Kier alpha value is -1.62. The average Bonchev–Trinajstić information content (AvgIpc) is 2.86. The van der Waals surface area contributed by atoms with Crippen molar-refractivity contribution in [3.05, 3.63) is 22.9 Å². The molecule has 2 aliphatic rings. The van der Waals surface area contributed by atoms with Gasteiger partial charge in [-0.15, -0.1) is 0 Å². The second kappa shape index (κ2) is 5.17. The number of hydrogen-bond acceptors (Lipinski definition) is 4. The largest absolute Gasteiger partial charge is 0.478 e. The summed E-state index contributed by atoms with van der Waals surface area (Å²) in [6, 6.07) is 1.80. The maximum absolute atomic E-state index is 11.4. The molecule has 3 rings (SSSR count). The Morgan fingerprint density at radius 1 is 1.21 bits per heavy atom. The van der Waals surface area contributed by atoms with E-state index in [4.69, 9.17) is 0 Å². The number of aromatic carboxylic acids is 1. The smallest absolute Gasteiger partial charge is 0.339 e. The van der Waals surface area contributed by atoms with Crippen LogP contribution in [0.4, 0.5) is 5.82 Å². The normalized spacial score (nSPS) is 19.2. The standard InChI is InChI=1S/C14H19N3O2/c18-14(19)11-9-10-5-4-6-12(10)15-13(11)16-17-7-2-1-3-8-17/h9H,1-8H2,(H,15,16)(H,18,19). The molecule has 0 bridgehead atoms. The Morgan fingerprint density at radius 3 is 2.74 bits per heavy atom. The Bertz CT molecular complexity index is 496. The van der Waals surface area contributed by atoms with Gasteiger partial charge in [-0.3, -0.25) is 0 Å². The number of carboxylic acid groups (broad SMARTS) is 1. The maximum atomic E-state index is 11.4. The van der Waals surface area contributed by atoms with Gasteiger partial charge in [0, 0.05) is 18.8 Å². The van der Waals surface area contributed by atoms with Gasteiger partial charge in [0.2, 0.25) is 0 Å². The Kier molecular flexibility index (Phi) is 3.38. The second-order valence-electron chi connectivity index (χ2n) is 5.31. The summed E-state index contributed by atoms with van der Waals surface area (Å²) < 4.78 is 0. The fourth-order valence-electron chi connectivity index (χ4n) is 2.88. The third kappa shape index (κ3) is 2.56. The number of aromatic nitrogens is 1. The van der Waals surface area contributed by atoms with Gasteiger partial charge in [0.1, 0.15) is 5.56 Å². The highest BCUT2D eigenvalue weighted by atomic mass is 16.4. The summed E-state index contributed by atoms with van der Waals surface area (Å²) in [7, 11) is 0. The fourth-order valence-corrected chi connectivity index (χ4v) is 2.88. The van der Waals surface area contributed by atoms with Crippen LogP contribution >= 0.6 is 0 Å². The lowest BCUT2D eigenvalue weighted by molar-refractivity contribution is 0.0697. The van der Waals surface area contributed by atoms with Gasteiger partial charge in [0.25, 0.3) is 0 Å². The van der Waals surface area contributed by atoms with E-state index in [2.05, 4.69) is 15.4 Å². The molecule has 2 heterocycles. The van der Waals surface area contributed by atoms with Crippen LogP contribution in [0, 0.1) is 0 Å². The van der Waals surface area contributed by atoms with E-state index in [1.807, 2.05) is 0 Å². The molecule has 0 spiro atoms. The SMILES string of the molecule is O=C(O)c1cc2c(nc1NN1CCCCC1)CCC2. The lowest BCUT2D eigenvalue weighted by Gasteiger charge is -2.28. The van der Waals surface area contributed by atoms with Crippen molar-refractivity contribution in [3.63, 3.8) is 0 Å². The van der Waals surface area contributed by atoms with Crippen molar-refractivity contribution in [1.82, 2.24) is 9.99 Å². The first kappa shape index (κ1) is 12.4. The zero-order chi connectivity index (χ0) is 13.2. The van der Waals surface area contributed by atoms with Crippen LogP contribution in [-0.2, 0) is 12.8 Å². The van der Waals surface area contributed by atoms with Crippen molar-refractivity contribution in [1.29, 1.82) is 0 Å². The summed E-state index contributed by atoms with van der Waals surface area (Å²) in [4.78, 5) is 15.9. The van der Waals surface area contributed by atoms with Crippen molar-refractivity contribution in [2.75, 3.05) is 18.5 Å². The molecule has 5 nitrogen and oxygen atoms in total. The molecule has 5 heteroatoms. The number of hydrogen-bond donors (Lipinski definition) is 2. The Morgan fingerprint density at radius 2 is 2.00 bits per heavy atom. The first-order valence-corrected chi connectivity index (χ1v) is 7.02. The molecule has 1 fully saturated rings. The lowest BCUT2D eigenvalue weighted by atomic mass is 10.1. The van der Waals surface area contributed by atoms with Gasteiger partial charge in [-0.05, 0) is 43.7 Å². The molecule has 19 heavy (non-hydrogen) atoms. The summed E-state index contributed by atoms with van der Waals surface area (Å²) in [5.74, 6) is -0.392. The topological polar surface area (TPSA) is 65.5 Å². The van der Waals surface area contributed by atoms with E-state index in [0.29, 0.717) is 11.4 Å². The van der Waals surface area contributed by atoms with Crippen molar-refractivity contribution < 1.29 is 9.90 Å². The number of anilines is 1. The number of piperidine rings is 1. The number of aryl methyl sites for hydroxylation is 2. The molecule has 1 aromatic rings. The lowest BCUT2D eigenvalue weighted by Crippen LogP contribution is -2.36. The first-order valence-electron chi connectivity index (χ1n) is 7.02. The summed E-state index contributed by atoms with van der Waals surface area (Å²) in [5, 5.41) is 11.4. The number of nitrogens with one attached hydrogen (secondary N) is 1. The number of hydrazine groups is 1. The van der Waals surface area contributed by atoms with E-state index in [-0.39, 0.29) is 0 Å². The van der Waals surface area contributed by atoms with Gasteiger partial charge in [0.05, 0.1) is 0 Å². The molecule has 1 saturated heterocycles. The predicted molar refractivity (Wildman–Crippen MR) is 72.3 cm³/mol. The molecule has 0 atom stereocenters. The van der Waals surface area contributed by atoms with Crippen molar-refractivity contribution >= 4 is 11.8 Å². The van der Waals surface area contributed by atoms with E-state index >= 15 is 0 Å². The van der Waals surface area contributed by atoms with Crippen molar-refractivity contribution in [2.24, 2.45) is 0 Å². The molecule has 0 unspecified atom stereocenters. The van der Waals surface area contributed by atoms with Crippen LogP contribution in [-0.4, -0.2) is 34.2 Å². The minimum absolute atomic E-state index is 0.297. The van der Waals surface area contributed by atoms with E-state index in [0.717, 1.165) is 56.5 Å². The van der Waals surface area contributed by atoms with E-state index in [1.165, 1.54) is 6.42 Å². The zero-order valence-corrected chi connectivity index (χ0v) is 11.0. The summed E-state index contributed by atoms with van der Waals surface area (Å²) >= 11 is 0. The van der Waals surface area contributed by atoms with E-state index in [9.17, 15) is 9.90 Å². The van der Waals surface area contributed by atoms with E-state index < -0.39 is 5.97 Å². The number of pyridine rings is 1. The first-order chi connectivity index (χ1) is 9.24. The van der Waals surface area contributed by atoms with Gasteiger partial charge in [-0.25, -0.2) is 14.8 Å². The molecular formula is C14H19N3O2. The molecular weight excluding hydrogens is 242 g/mol. The maximum Gasteiger partial charge on any atom is 0.339 e. The fraction of sp³-hybridized carbons (Fsp3) is 0.571. The van der Waals surface area contributed by atoms with Crippen LogP contribution in [0.3, 0.4) is 0 Å². The molecule has 1 aliphatic carbocycles. The molecule has 1 aliphatic heterocycles. The van der Waals surface area contributed by atoms with Gasteiger partial charge < -0.3 is 10.5 Å². The summed E-state index contributed by atoms with van der Waals surface area (Å²) in [6.07, 6.45) is 6.55. The molecule has 0 amide bonds. The third-order valence-electron chi connectivity index (χ3n) is 3.90. The highest BCUT2D eigenvalue weighted by Gasteiger charge is 2.21. The number of fused-ring (bicyclic) bond motifs is 1. The van der Waals surface area contributed by atoms with Gasteiger partial charge in [-0.2, -0.15) is 0 Å². The average molecular weight is 261 g/mol. The van der Waals surface area contributed by atoms with Crippen molar-refractivity contribution in [2.45, 2.75) is 38.5 Å². The highest BCUT2D eigenvalue weighted by Crippen LogP contribution is 2.26.